The molecule has 1 N–H and O–H groups in total. The minimum Gasteiger partial charge on any atom is -0.342 e. The first kappa shape index (κ1) is 19.7. The average Bonchev–Trinajstić information content (AvgIpc) is 2.36. The molecule has 0 bridgehead atoms. The fourth-order valence-electron chi connectivity index (χ4n) is 2.40. The third kappa shape index (κ3) is 6.90. The van der Waals surface area contributed by atoms with Gasteiger partial charge in [-0.2, -0.15) is 0 Å². The van der Waals surface area contributed by atoms with Gasteiger partial charge >= 0.3 is 0 Å². The summed E-state index contributed by atoms with van der Waals surface area (Å²) in [6, 6.07) is 0. The van der Waals surface area contributed by atoms with E-state index in [1.807, 2.05) is 6.92 Å². The molecule has 1 aliphatic heterocycles. The monoisotopic (exact) mass is 326 g/mol. The number of halogens is 1. The number of nitrogens with one attached hydrogen (secondary N) is 1. The third-order valence-corrected chi connectivity index (χ3v) is 5.23. The number of carbonyl (C=O) groups excluding carboxylic acids is 1. The van der Waals surface area contributed by atoms with Crippen molar-refractivity contribution < 1.29 is 13.2 Å². The summed E-state index contributed by atoms with van der Waals surface area (Å²) >= 11 is 0. The topological polar surface area (TPSA) is 66.5 Å². The van der Waals surface area contributed by atoms with Gasteiger partial charge in [0, 0.05) is 13.1 Å². The van der Waals surface area contributed by atoms with Crippen LogP contribution in [0.15, 0.2) is 0 Å². The van der Waals surface area contributed by atoms with Gasteiger partial charge in [0.05, 0.1) is 5.75 Å². The maximum atomic E-state index is 11.9. The van der Waals surface area contributed by atoms with Gasteiger partial charge < -0.3 is 10.2 Å². The van der Waals surface area contributed by atoms with E-state index >= 15 is 0 Å². The molecule has 0 spiro atoms. The van der Waals surface area contributed by atoms with E-state index in [1.165, 1.54) is 0 Å². The van der Waals surface area contributed by atoms with Crippen LogP contribution in [0.3, 0.4) is 0 Å². The van der Waals surface area contributed by atoms with E-state index in [2.05, 4.69) is 12.2 Å². The second-order valence-corrected chi connectivity index (χ2v) is 7.41. The number of rotatable bonds is 7. The Morgan fingerprint density at radius 2 is 1.85 bits per heavy atom. The molecule has 0 aromatic heterocycles. The molecule has 0 saturated carbocycles. The molecule has 5 nitrogen and oxygen atoms in total. The smallest absolute Gasteiger partial charge is 0.237 e. The molecule has 120 valence electrons. The summed E-state index contributed by atoms with van der Waals surface area (Å²) in [7, 11) is -3.21. The number of hydrogen-bond donors (Lipinski definition) is 1. The fourth-order valence-corrected chi connectivity index (χ4v) is 3.72. The molecule has 0 aliphatic carbocycles. The van der Waals surface area contributed by atoms with Gasteiger partial charge in [0.1, 0.15) is 5.75 Å². The molecule has 0 unspecified atom stereocenters. The Morgan fingerprint density at radius 1 is 1.25 bits per heavy atom. The van der Waals surface area contributed by atoms with Gasteiger partial charge in [-0.1, -0.05) is 13.8 Å². The first-order valence-corrected chi connectivity index (χ1v) is 8.99. The molecule has 1 rings (SSSR count). The van der Waals surface area contributed by atoms with Gasteiger partial charge in [0.2, 0.25) is 5.91 Å². The van der Waals surface area contributed by atoms with E-state index in [0.717, 1.165) is 25.9 Å². The van der Waals surface area contributed by atoms with Crippen LogP contribution in [0.25, 0.3) is 0 Å². The lowest BCUT2D eigenvalue weighted by atomic mass is 9.97. The highest BCUT2D eigenvalue weighted by Crippen LogP contribution is 2.16. The largest absolute Gasteiger partial charge is 0.342 e. The van der Waals surface area contributed by atoms with E-state index in [9.17, 15) is 13.2 Å². The van der Waals surface area contributed by atoms with Crippen LogP contribution in [0.2, 0.25) is 0 Å². The van der Waals surface area contributed by atoms with Crippen LogP contribution in [0.4, 0.5) is 0 Å². The zero-order chi connectivity index (χ0) is 14.3. The molecule has 20 heavy (non-hydrogen) atoms. The SMILES string of the molecule is CCCS(=O)(=O)CC(=O)N1CCC(CNCC)CC1.Cl. The lowest BCUT2D eigenvalue weighted by Crippen LogP contribution is -2.43. The average molecular weight is 327 g/mol. The fraction of sp³-hybridized carbons (Fsp3) is 0.923. The molecule has 1 heterocycles. The third-order valence-electron chi connectivity index (χ3n) is 3.51. The second-order valence-electron chi connectivity index (χ2n) is 5.22. The van der Waals surface area contributed by atoms with Crippen molar-refractivity contribution in [1.82, 2.24) is 10.2 Å². The van der Waals surface area contributed by atoms with Crippen molar-refractivity contribution in [2.45, 2.75) is 33.1 Å². The molecule has 7 heteroatoms. The Hall–Kier alpha value is -0.330. The normalized spacial score (nSPS) is 16.8. The number of carbonyl (C=O) groups is 1. The lowest BCUT2D eigenvalue weighted by molar-refractivity contribution is -0.129. The highest BCUT2D eigenvalue weighted by atomic mass is 35.5. The molecule has 0 aromatic rings. The van der Waals surface area contributed by atoms with Crippen LogP contribution in [0, 0.1) is 5.92 Å². The summed E-state index contributed by atoms with van der Waals surface area (Å²) in [5.74, 6) is 0.167. The Balaban J connectivity index is 0.00000361. The van der Waals surface area contributed by atoms with Crippen LogP contribution < -0.4 is 5.32 Å². The molecule has 0 atom stereocenters. The van der Waals surface area contributed by atoms with E-state index in [-0.39, 0.29) is 29.8 Å². The number of piperidine rings is 1. The van der Waals surface area contributed by atoms with Crippen LogP contribution >= 0.6 is 12.4 Å². The number of sulfone groups is 1. The zero-order valence-corrected chi connectivity index (χ0v) is 14.1. The summed E-state index contributed by atoms with van der Waals surface area (Å²) < 4.78 is 23.3. The molecule has 0 aromatic carbocycles. The van der Waals surface area contributed by atoms with Gasteiger partial charge in [-0.25, -0.2) is 8.42 Å². The standard InChI is InChI=1S/C13H26N2O3S.ClH/c1-3-9-19(17,18)11-13(16)15-7-5-12(6-8-15)10-14-4-2;/h12,14H,3-11H2,1-2H3;1H. The Morgan fingerprint density at radius 3 is 2.35 bits per heavy atom. The molecular formula is C13H27ClN2O3S. The van der Waals surface area contributed by atoms with Crippen LogP contribution in [-0.2, 0) is 14.6 Å². The lowest BCUT2D eigenvalue weighted by Gasteiger charge is -2.32. The van der Waals surface area contributed by atoms with Crippen LogP contribution in [0.1, 0.15) is 33.1 Å². The Bertz CT molecular complexity index is 379. The zero-order valence-electron chi connectivity index (χ0n) is 12.4. The van der Waals surface area contributed by atoms with Crippen molar-refractivity contribution in [2.75, 3.05) is 37.7 Å². The van der Waals surface area contributed by atoms with Crippen molar-refractivity contribution in [3.63, 3.8) is 0 Å². The van der Waals surface area contributed by atoms with Gasteiger partial charge in [-0.05, 0) is 38.3 Å². The maximum absolute atomic E-state index is 11.9. The summed E-state index contributed by atoms with van der Waals surface area (Å²) in [6.45, 7) is 7.24. The number of hydrogen-bond acceptors (Lipinski definition) is 4. The first-order valence-electron chi connectivity index (χ1n) is 7.17. The molecular weight excluding hydrogens is 300 g/mol. The highest BCUT2D eigenvalue weighted by Gasteiger charge is 2.25. The van der Waals surface area contributed by atoms with E-state index in [4.69, 9.17) is 0 Å². The predicted molar refractivity (Wildman–Crippen MR) is 84.0 cm³/mol. The van der Waals surface area contributed by atoms with Crippen molar-refractivity contribution in [2.24, 2.45) is 5.92 Å². The Labute approximate surface area is 128 Å². The minimum atomic E-state index is -3.21. The van der Waals surface area contributed by atoms with Crippen LogP contribution in [-0.4, -0.2) is 56.9 Å². The van der Waals surface area contributed by atoms with E-state index in [0.29, 0.717) is 25.4 Å². The minimum absolute atomic E-state index is 0. The van der Waals surface area contributed by atoms with Gasteiger partial charge in [-0.15, -0.1) is 12.4 Å². The number of likely N-dealkylation sites (tertiary alicyclic amines) is 1. The molecule has 1 aliphatic rings. The quantitative estimate of drug-likeness (QED) is 0.760. The summed E-state index contributed by atoms with van der Waals surface area (Å²) in [4.78, 5) is 13.6. The number of amides is 1. The highest BCUT2D eigenvalue weighted by molar-refractivity contribution is 7.92. The van der Waals surface area contributed by atoms with Gasteiger partial charge in [-0.3, -0.25) is 4.79 Å². The summed E-state index contributed by atoms with van der Waals surface area (Å²) in [6.07, 6.45) is 2.50. The number of nitrogens with zero attached hydrogens (tertiary/aromatic N) is 1. The maximum Gasteiger partial charge on any atom is 0.237 e. The molecule has 1 saturated heterocycles. The van der Waals surface area contributed by atoms with Crippen molar-refractivity contribution in [3.8, 4) is 0 Å². The molecule has 1 fully saturated rings. The van der Waals surface area contributed by atoms with Gasteiger partial charge in [0.25, 0.3) is 0 Å². The van der Waals surface area contributed by atoms with Gasteiger partial charge in [0.15, 0.2) is 9.84 Å². The summed E-state index contributed by atoms with van der Waals surface area (Å²) in [5, 5.41) is 3.32. The first-order chi connectivity index (χ1) is 8.98. The second kappa shape index (κ2) is 9.58. The predicted octanol–water partition coefficient (Wildman–Crippen LogP) is 1.08. The Kier molecular flexibility index (Phi) is 9.42. The van der Waals surface area contributed by atoms with Crippen molar-refractivity contribution >= 4 is 28.2 Å². The van der Waals surface area contributed by atoms with Crippen LogP contribution in [0.5, 0.6) is 0 Å². The molecule has 0 radical (unpaired) electrons. The van der Waals surface area contributed by atoms with E-state index in [1.54, 1.807) is 4.90 Å². The summed E-state index contributed by atoms with van der Waals surface area (Å²) in [5.41, 5.74) is 0. The van der Waals surface area contributed by atoms with E-state index < -0.39 is 9.84 Å². The van der Waals surface area contributed by atoms with Crippen molar-refractivity contribution in [1.29, 1.82) is 0 Å². The molecule has 1 amide bonds. The van der Waals surface area contributed by atoms with Crippen molar-refractivity contribution in [3.05, 3.63) is 0 Å².